The predicted molar refractivity (Wildman–Crippen MR) is 70.1 cm³/mol. The van der Waals surface area contributed by atoms with Gasteiger partial charge < -0.3 is 15.0 Å². The number of hydrogen-bond acceptors (Lipinski definition) is 4. The van der Waals surface area contributed by atoms with E-state index in [9.17, 15) is 0 Å². The number of piperidine rings is 1. The van der Waals surface area contributed by atoms with Gasteiger partial charge in [0.15, 0.2) is 10.9 Å². The summed E-state index contributed by atoms with van der Waals surface area (Å²) in [6.07, 6.45) is 4.23. The average Bonchev–Trinajstić information content (AvgIpc) is 2.39. The molecule has 1 saturated heterocycles. The number of halogens is 1. The highest BCUT2D eigenvalue weighted by molar-refractivity contribution is 6.30. The second kappa shape index (κ2) is 5.56. The SMILES string of the molecule is CN[C@H]1CCCN(c2cnc(Cl)c(OC)c2)C1. The zero-order valence-electron chi connectivity index (χ0n) is 10.2. The molecule has 94 valence electrons. The molecule has 0 radical (unpaired) electrons. The maximum atomic E-state index is 5.92. The molecular formula is C12H18ClN3O. The van der Waals surface area contributed by atoms with Gasteiger partial charge in [-0.05, 0) is 19.9 Å². The molecule has 1 aliphatic heterocycles. The summed E-state index contributed by atoms with van der Waals surface area (Å²) in [5.41, 5.74) is 1.08. The third-order valence-electron chi connectivity index (χ3n) is 3.21. The van der Waals surface area contributed by atoms with Gasteiger partial charge in [-0.25, -0.2) is 4.98 Å². The number of pyridine rings is 1. The Bertz CT molecular complexity index is 386. The minimum atomic E-state index is 0.415. The third-order valence-corrected chi connectivity index (χ3v) is 3.49. The molecule has 1 fully saturated rings. The van der Waals surface area contributed by atoms with Crippen LogP contribution in [0.4, 0.5) is 5.69 Å². The van der Waals surface area contributed by atoms with Gasteiger partial charge in [-0.1, -0.05) is 11.6 Å². The first-order chi connectivity index (χ1) is 8.24. The summed E-state index contributed by atoms with van der Waals surface area (Å²) in [4.78, 5) is 6.47. The van der Waals surface area contributed by atoms with E-state index in [-0.39, 0.29) is 0 Å². The third kappa shape index (κ3) is 2.82. The van der Waals surface area contributed by atoms with Crippen molar-refractivity contribution in [3.05, 3.63) is 17.4 Å². The number of hydrogen-bond donors (Lipinski definition) is 1. The smallest absolute Gasteiger partial charge is 0.171 e. The Labute approximate surface area is 107 Å². The van der Waals surface area contributed by atoms with Crippen LogP contribution in [0.3, 0.4) is 0 Å². The van der Waals surface area contributed by atoms with Gasteiger partial charge in [0.05, 0.1) is 19.0 Å². The first-order valence-corrected chi connectivity index (χ1v) is 6.24. The van der Waals surface area contributed by atoms with Crippen LogP contribution in [-0.4, -0.2) is 38.3 Å². The molecule has 1 aromatic heterocycles. The molecule has 1 atom stereocenters. The van der Waals surface area contributed by atoms with Gasteiger partial charge in [0.25, 0.3) is 0 Å². The second-order valence-electron chi connectivity index (χ2n) is 4.26. The maximum absolute atomic E-state index is 5.92. The Kier molecular flexibility index (Phi) is 4.07. The molecule has 0 spiro atoms. The van der Waals surface area contributed by atoms with E-state index in [4.69, 9.17) is 16.3 Å². The van der Waals surface area contributed by atoms with Crippen molar-refractivity contribution < 1.29 is 4.74 Å². The molecule has 1 N–H and O–H groups in total. The lowest BCUT2D eigenvalue weighted by Gasteiger charge is -2.34. The van der Waals surface area contributed by atoms with Crippen LogP contribution in [-0.2, 0) is 0 Å². The second-order valence-corrected chi connectivity index (χ2v) is 4.62. The molecule has 4 nitrogen and oxygen atoms in total. The predicted octanol–water partition coefficient (Wildman–Crippen LogP) is 1.93. The van der Waals surface area contributed by atoms with Crippen LogP contribution < -0.4 is 15.0 Å². The van der Waals surface area contributed by atoms with E-state index in [1.54, 1.807) is 7.11 Å². The summed E-state index contributed by atoms with van der Waals surface area (Å²) < 4.78 is 5.19. The molecule has 0 saturated carbocycles. The van der Waals surface area contributed by atoms with E-state index in [0.29, 0.717) is 16.9 Å². The molecule has 2 heterocycles. The van der Waals surface area contributed by atoms with Crippen molar-refractivity contribution in [3.8, 4) is 5.75 Å². The van der Waals surface area contributed by atoms with Gasteiger partial charge in [0.1, 0.15) is 0 Å². The van der Waals surface area contributed by atoms with Gasteiger partial charge >= 0.3 is 0 Å². The van der Waals surface area contributed by atoms with E-state index < -0.39 is 0 Å². The highest BCUT2D eigenvalue weighted by Crippen LogP contribution is 2.28. The largest absolute Gasteiger partial charge is 0.493 e. The first-order valence-electron chi connectivity index (χ1n) is 5.86. The molecule has 0 unspecified atom stereocenters. The molecule has 0 bridgehead atoms. The van der Waals surface area contributed by atoms with Crippen molar-refractivity contribution in [1.29, 1.82) is 0 Å². The van der Waals surface area contributed by atoms with E-state index in [1.807, 2.05) is 19.3 Å². The number of aromatic nitrogens is 1. The summed E-state index contributed by atoms with van der Waals surface area (Å²) in [5.74, 6) is 0.635. The molecule has 2 rings (SSSR count). The zero-order valence-corrected chi connectivity index (χ0v) is 11.0. The Morgan fingerprint density at radius 1 is 1.59 bits per heavy atom. The highest BCUT2D eigenvalue weighted by atomic mass is 35.5. The number of ether oxygens (including phenoxy) is 1. The number of methoxy groups -OCH3 is 1. The molecule has 5 heteroatoms. The minimum absolute atomic E-state index is 0.415. The lowest BCUT2D eigenvalue weighted by molar-refractivity contribution is 0.412. The van der Waals surface area contributed by atoms with E-state index in [2.05, 4.69) is 15.2 Å². The van der Waals surface area contributed by atoms with Crippen LogP contribution in [0.5, 0.6) is 5.75 Å². The Balaban J connectivity index is 2.16. The molecule has 0 amide bonds. The van der Waals surface area contributed by atoms with E-state index >= 15 is 0 Å². The van der Waals surface area contributed by atoms with Crippen molar-refractivity contribution in [1.82, 2.24) is 10.3 Å². The molecule has 1 aromatic rings. The summed E-state index contributed by atoms with van der Waals surface area (Å²) in [5, 5.41) is 3.74. The van der Waals surface area contributed by atoms with Crippen LogP contribution in [0.25, 0.3) is 0 Å². The topological polar surface area (TPSA) is 37.4 Å². The molecule has 0 aromatic carbocycles. The number of likely N-dealkylation sites (N-methyl/N-ethyl adjacent to an activating group) is 1. The van der Waals surface area contributed by atoms with Crippen LogP contribution in [0.2, 0.25) is 5.15 Å². The number of rotatable bonds is 3. The summed E-state index contributed by atoms with van der Waals surface area (Å²) in [6.45, 7) is 2.06. The van der Waals surface area contributed by atoms with E-state index in [0.717, 1.165) is 18.8 Å². The molecule has 1 aliphatic rings. The van der Waals surface area contributed by atoms with Crippen molar-refractivity contribution in [2.75, 3.05) is 32.1 Å². The number of nitrogens with one attached hydrogen (secondary N) is 1. The van der Waals surface area contributed by atoms with Crippen LogP contribution in [0.1, 0.15) is 12.8 Å². The van der Waals surface area contributed by atoms with Gasteiger partial charge in [0.2, 0.25) is 0 Å². The fraction of sp³-hybridized carbons (Fsp3) is 0.583. The normalized spacial score (nSPS) is 20.4. The van der Waals surface area contributed by atoms with Crippen molar-refractivity contribution in [2.45, 2.75) is 18.9 Å². The Hall–Kier alpha value is -1.00. The quantitative estimate of drug-likeness (QED) is 0.838. The van der Waals surface area contributed by atoms with Gasteiger partial charge in [-0.2, -0.15) is 0 Å². The standard InChI is InChI=1S/C12H18ClN3O/c1-14-9-4-3-5-16(8-9)10-6-11(17-2)12(13)15-7-10/h6-7,9,14H,3-5,8H2,1-2H3/t9-/m0/s1. The lowest BCUT2D eigenvalue weighted by atomic mass is 10.1. The van der Waals surface area contributed by atoms with Gasteiger partial charge in [-0.15, -0.1) is 0 Å². The summed E-state index contributed by atoms with van der Waals surface area (Å²) in [7, 11) is 3.62. The molecular weight excluding hydrogens is 238 g/mol. The Morgan fingerprint density at radius 2 is 2.41 bits per heavy atom. The lowest BCUT2D eigenvalue weighted by Crippen LogP contribution is -2.44. The monoisotopic (exact) mass is 255 g/mol. The van der Waals surface area contributed by atoms with Crippen LogP contribution >= 0.6 is 11.6 Å². The number of anilines is 1. The highest BCUT2D eigenvalue weighted by Gasteiger charge is 2.19. The molecule has 0 aliphatic carbocycles. The maximum Gasteiger partial charge on any atom is 0.171 e. The van der Waals surface area contributed by atoms with Gasteiger partial charge in [0, 0.05) is 25.2 Å². The van der Waals surface area contributed by atoms with Crippen LogP contribution in [0.15, 0.2) is 12.3 Å². The van der Waals surface area contributed by atoms with Crippen molar-refractivity contribution in [3.63, 3.8) is 0 Å². The number of nitrogens with zero attached hydrogens (tertiary/aromatic N) is 2. The Morgan fingerprint density at radius 3 is 3.12 bits per heavy atom. The average molecular weight is 256 g/mol. The summed E-state index contributed by atoms with van der Waals surface area (Å²) in [6, 6.07) is 2.50. The summed E-state index contributed by atoms with van der Waals surface area (Å²) >= 11 is 5.92. The first kappa shape index (κ1) is 12.5. The molecule has 17 heavy (non-hydrogen) atoms. The van der Waals surface area contributed by atoms with Crippen LogP contribution in [0, 0.1) is 0 Å². The van der Waals surface area contributed by atoms with Crippen molar-refractivity contribution >= 4 is 17.3 Å². The zero-order chi connectivity index (χ0) is 12.3. The fourth-order valence-corrected chi connectivity index (χ4v) is 2.36. The minimum Gasteiger partial charge on any atom is -0.493 e. The van der Waals surface area contributed by atoms with Crippen molar-refractivity contribution in [2.24, 2.45) is 0 Å². The van der Waals surface area contributed by atoms with Gasteiger partial charge in [-0.3, -0.25) is 0 Å². The van der Waals surface area contributed by atoms with E-state index in [1.165, 1.54) is 12.8 Å². The fourth-order valence-electron chi connectivity index (χ4n) is 2.18.